The first-order valence-corrected chi connectivity index (χ1v) is 6.91. The third kappa shape index (κ3) is 11.3. The van der Waals surface area contributed by atoms with E-state index in [1.807, 2.05) is 0 Å². The lowest BCUT2D eigenvalue weighted by Crippen LogP contribution is -1.89. The summed E-state index contributed by atoms with van der Waals surface area (Å²) in [6.07, 6.45) is -2.46. The van der Waals surface area contributed by atoms with E-state index in [-0.39, 0.29) is 5.75 Å². The van der Waals surface area contributed by atoms with E-state index in [9.17, 15) is 13.2 Å². The minimum Gasteiger partial charge on any atom is -0.428 e. The molecule has 0 spiro atoms. The van der Waals surface area contributed by atoms with Crippen molar-refractivity contribution >= 4 is 29.6 Å². The molecule has 1 aromatic rings. The third-order valence-corrected chi connectivity index (χ3v) is 1.10. The molecule has 0 aliphatic carbocycles. The van der Waals surface area contributed by atoms with E-state index in [4.69, 9.17) is 8.42 Å². The molecule has 96 valence electrons. The number of benzene rings is 1. The lowest BCUT2D eigenvalue weighted by molar-refractivity contribution is 0.241. The summed E-state index contributed by atoms with van der Waals surface area (Å²) in [5.41, 5.74) is 0. The van der Waals surface area contributed by atoms with Gasteiger partial charge in [0.2, 0.25) is 0 Å². The van der Waals surface area contributed by atoms with Crippen molar-refractivity contribution in [2.75, 3.05) is 0 Å². The highest BCUT2D eigenvalue weighted by Crippen LogP contribution is 2.16. The Bertz CT molecular complexity index is 464. The van der Waals surface area contributed by atoms with Crippen molar-refractivity contribution in [3.8, 4) is 5.75 Å². The number of hydrogen-bond acceptors (Lipinski definition) is 3. The van der Waals surface area contributed by atoms with Gasteiger partial charge in [-0.1, -0.05) is 18.2 Å². The van der Waals surface area contributed by atoms with Gasteiger partial charge in [0.05, 0.1) is 0 Å². The van der Waals surface area contributed by atoms with Crippen LogP contribution in [0.5, 0.6) is 5.75 Å². The van der Waals surface area contributed by atoms with Crippen LogP contribution in [0.25, 0.3) is 0 Å². The van der Waals surface area contributed by atoms with Crippen LogP contribution in [0.15, 0.2) is 42.4 Å². The fourth-order valence-corrected chi connectivity index (χ4v) is 0.631. The van der Waals surface area contributed by atoms with E-state index < -0.39 is 20.4 Å². The molecule has 17 heavy (non-hydrogen) atoms. The van der Waals surface area contributed by atoms with Gasteiger partial charge in [-0.2, -0.15) is 21.6 Å². The van der Waals surface area contributed by atoms with Crippen LogP contribution in [-0.2, 0) is 8.26 Å². The Morgan fingerprint density at radius 2 is 1.47 bits per heavy atom. The topological polar surface area (TPSA) is 43.4 Å². The molecular formula is C8H5Cl2F3O3S. The summed E-state index contributed by atoms with van der Waals surface area (Å²) < 4.78 is 57.6. The Hall–Kier alpha value is -0.920. The van der Waals surface area contributed by atoms with Gasteiger partial charge in [-0.15, -0.1) is 0 Å². The second-order valence-electron chi connectivity index (χ2n) is 2.33. The number of rotatable bonds is 2. The fraction of sp³-hybridized carbons (Fsp3) is 0. The molecule has 0 aliphatic rings. The molecule has 9 heteroatoms. The van der Waals surface area contributed by atoms with Gasteiger partial charge in [0.25, 0.3) is 0 Å². The summed E-state index contributed by atoms with van der Waals surface area (Å²) in [4.78, 5) is 0. The summed E-state index contributed by atoms with van der Waals surface area (Å²) in [6, 6.07) is 5.67. The highest BCUT2D eigenvalue weighted by molar-refractivity contribution is 8.31. The first kappa shape index (κ1) is 16.1. The van der Waals surface area contributed by atoms with Gasteiger partial charge >= 0.3 is 20.4 Å². The highest BCUT2D eigenvalue weighted by atomic mass is 36.0. The van der Waals surface area contributed by atoms with Crippen molar-refractivity contribution in [3.63, 3.8) is 0 Å². The molecule has 0 unspecified atom stereocenters. The van der Waals surface area contributed by atoms with Gasteiger partial charge in [-0.05, 0) is 12.1 Å². The zero-order valence-corrected chi connectivity index (χ0v) is 10.2. The summed E-state index contributed by atoms with van der Waals surface area (Å²) in [5, 5.41) is 0. The highest BCUT2D eigenvalue weighted by Gasteiger charge is 2.06. The van der Waals surface area contributed by atoms with Gasteiger partial charge < -0.3 is 4.74 Å². The molecule has 3 nitrogen and oxygen atoms in total. The largest absolute Gasteiger partial charge is 0.428 e. The van der Waals surface area contributed by atoms with Gasteiger partial charge in [0.15, 0.2) is 0 Å². The van der Waals surface area contributed by atoms with Gasteiger partial charge in [0.1, 0.15) is 5.75 Å². The molecular weight excluding hydrogens is 304 g/mol. The smallest absolute Gasteiger partial charge is 0.344 e. The van der Waals surface area contributed by atoms with Crippen molar-refractivity contribution in [2.24, 2.45) is 0 Å². The molecule has 0 aliphatic heterocycles. The van der Waals surface area contributed by atoms with E-state index in [1.54, 1.807) is 18.2 Å². The normalized spacial score (nSPS) is 9.94. The lowest BCUT2D eigenvalue weighted by atomic mass is 10.3. The van der Waals surface area contributed by atoms with Gasteiger partial charge in [0, 0.05) is 21.4 Å². The average molecular weight is 309 g/mol. The Morgan fingerprint density at radius 1 is 1.06 bits per heavy atom. The Kier molecular flexibility index (Phi) is 7.01. The maximum atomic E-state index is 12.1. The summed E-state index contributed by atoms with van der Waals surface area (Å²) >= 11 is 0. The molecule has 0 atom stereocenters. The van der Waals surface area contributed by atoms with Crippen LogP contribution in [0.3, 0.4) is 0 Å². The van der Waals surface area contributed by atoms with Crippen LogP contribution in [0.2, 0.25) is 0 Å². The average Bonchev–Trinajstić information content (AvgIpc) is 2.16. The maximum absolute atomic E-state index is 12.1. The van der Waals surface area contributed by atoms with E-state index in [1.165, 1.54) is 12.1 Å². The van der Waals surface area contributed by atoms with Gasteiger partial charge in [-0.25, -0.2) is 0 Å². The quantitative estimate of drug-likeness (QED) is 0.616. The SMILES string of the molecule is FC(F)=C(F)Oc1ccccc1.O=S(=O)(Cl)Cl. The van der Waals surface area contributed by atoms with E-state index in [2.05, 4.69) is 26.1 Å². The van der Waals surface area contributed by atoms with E-state index >= 15 is 0 Å². The predicted octanol–water partition coefficient (Wildman–Crippen LogP) is 3.81. The molecule has 0 fully saturated rings. The number of para-hydroxylation sites is 1. The summed E-state index contributed by atoms with van der Waals surface area (Å²) in [6.45, 7) is 0. The number of hydrogen-bond donors (Lipinski definition) is 0. The second-order valence-corrected chi connectivity index (χ2v) is 6.00. The first-order valence-electron chi connectivity index (χ1n) is 3.78. The van der Waals surface area contributed by atoms with Crippen molar-refractivity contribution in [3.05, 3.63) is 42.4 Å². The van der Waals surface area contributed by atoms with Crippen LogP contribution in [0.1, 0.15) is 0 Å². The molecule has 0 heterocycles. The van der Waals surface area contributed by atoms with Crippen molar-refractivity contribution in [2.45, 2.75) is 0 Å². The van der Waals surface area contributed by atoms with Crippen LogP contribution >= 0.6 is 21.4 Å². The lowest BCUT2D eigenvalue weighted by Gasteiger charge is -1.99. The van der Waals surface area contributed by atoms with Crippen LogP contribution in [-0.4, -0.2) is 8.42 Å². The molecule has 0 N–H and O–H groups in total. The predicted molar refractivity (Wildman–Crippen MR) is 58.0 cm³/mol. The Balaban J connectivity index is 0.000000437. The molecule has 0 bridgehead atoms. The van der Waals surface area contributed by atoms with Gasteiger partial charge in [-0.3, -0.25) is 0 Å². The van der Waals surface area contributed by atoms with Crippen LogP contribution in [0, 0.1) is 0 Å². The minimum absolute atomic E-state index is 0.0443. The molecule has 0 radical (unpaired) electrons. The summed E-state index contributed by atoms with van der Waals surface area (Å²) in [5.74, 6) is 0.0443. The third-order valence-electron chi connectivity index (χ3n) is 1.10. The number of ether oxygens (including phenoxy) is 1. The zero-order chi connectivity index (χ0) is 13.5. The maximum Gasteiger partial charge on any atom is 0.344 e. The second kappa shape index (κ2) is 7.41. The molecule has 0 saturated heterocycles. The molecule has 1 aromatic carbocycles. The van der Waals surface area contributed by atoms with E-state index in [0.29, 0.717) is 0 Å². The minimum atomic E-state index is -3.72. The summed E-state index contributed by atoms with van der Waals surface area (Å²) in [7, 11) is 4.81. The molecule has 0 saturated carbocycles. The molecule has 0 aromatic heterocycles. The fourth-order valence-electron chi connectivity index (χ4n) is 0.631. The number of halogens is 5. The Labute approximate surface area is 104 Å². The first-order chi connectivity index (χ1) is 7.70. The van der Waals surface area contributed by atoms with Crippen molar-refractivity contribution in [1.29, 1.82) is 0 Å². The van der Waals surface area contributed by atoms with Crippen LogP contribution in [0.4, 0.5) is 13.2 Å². The zero-order valence-electron chi connectivity index (χ0n) is 7.91. The van der Waals surface area contributed by atoms with Crippen molar-refractivity contribution < 1.29 is 26.3 Å². The van der Waals surface area contributed by atoms with Crippen LogP contribution < -0.4 is 4.74 Å². The molecule has 0 amide bonds. The standard InChI is InChI=1S/C8H5F3O.Cl2O2S/c9-7(10)8(11)12-6-4-2-1-3-5-6;1-5(2,3)4/h1-5H;. The molecule has 1 rings (SSSR count). The Morgan fingerprint density at radius 3 is 1.82 bits per heavy atom. The van der Waals surface area contributed by atoms with Crippen molar-refractivity contribution in [1.82, 2.24) is 0 Å². The monoisotopic (exact) mass is 308 g/mol. The van der Waals surface area contributed by atoms with E-state index in [0.717, 1.165) is 0 Å².